The molecule has 0 unspecified atom stereocenters. The van der Waals surface area contributed by atoms with Gasteiger partial charge in [-0.2, -0.15) is 0 Å². The first-order valence-corrected chi connectivity index (χ1v) is 6.35. The van der Waals surface area contributed by atoms with E-state index in [1.54, 1.807) is 0 Å². The van der Waals surface area contributed by atoms with E-state index in [-0.39, 0.29) is 0 Å². The molecule has 0 fully saturated rings. The van der Waals surface area contributed by atoms with Crippen LogP contribution < -0.4 is 18.6 Å². The maximum absolute atomic E-state index is 8.49. The third-order valence-electron chi connectivity index (χ3n) is 1.57. The highest BCUT2D eigenvalue weighted by molar-refractivity contribution is 6.49. The maximum Gasteiger partial charge on any atom is 0.164 e. The molecule has 0 heterocycles. The van der Waals surface area contributed by atoms with Gasteiger partial charge in [0.15, 0.2) is 6.21 Å². The summed E-state index contributed by atoms with van der Waals surface area (Å²) in [6, 6.07) is 9.90. The lowest BCUT2D eigenvalue weighted by Gasteiger charge is -2.17. The average Bonchev–Trinajstić information content (AvgIpc) is 2.25. The zero-order chi connectivity index (χ0) is 14.2. The Morgan fingerprint density at radius 1 is 1.11 bits per heavy atom. The van der Waals surface area contributed by atoms with Gasteiger partial charge in [0.05, 0.1) is 5.03 Å². The van der Waals surface area contributed by atoms with Gasteiger partial charge in [-0.3, -0.25) is 0 Å². The summed E-state index contributed by atoms with van der Waals surface area (Å²) >= 11 is 6.05. The molecule has 0 aliphatic carbocycles. The molecule has 1 aromatic rings. The molecule has 0 amide bonds. The zero-order valence-corrected chi connectivity index (χ0v) is 11.4. The van der Waals surface area contributed by atoms with Crippen LogP contribution in [0.3, 0.4) is 0 Å². The molecule has 100 valence electrons. The molecule has 0 saturated heterocycles. The summed E-state index contributed by atoms with van der Waals surface area (Å²) < 4.78 is 35.9. The second-order valence-electron chi connectivity index (χ2n) is 3.37. The van der Waals surface area contributed by atoms with Crippen molar-refractivity contribution in [2.75, 3.05) is 14.1 Å². The van der Waals surface area contributed by atoms with E-state index in [2.05, 4.69) is 0 Å². The largest absolute Gasteiger partial charge is 0.241 e. The minimum absolute atomic E-state index is 0.759. The van der Waals surface area contributed by atoms with Crippen molar-refractivity contribution in [1.82, 2.24) is 0 Å². The van der Waals surface area contributed by atoms with Gasteiger partial charge in [0.25, 0.3) is 0 Å². The quantitative estimate of drug-likeness (QED) is 0.459. The fourth-order valence-electron chi connectivity index (χ4n) is 0.908. The lowest BCUT2D eigenvalue weighted by Crippen LogP contribution is -2.68. The number of benzene rings is 1. The highest BCUT2D eigenvalue weighted by Gasteiger charge is 1.94. The van der Waals surface area contributed by atoms with Gasteiger partial charge in [-0.25, -0.2) is 23.2 Å². The van der Waals surface area contributed by atoms with Crippen molar-refractivity contribution in [2.45, 2.75) is 0 Å². The van der Waals surface area contributed by atoms with Crippen LogP contribution in [0.4, 0.5) is 0 Å². The standard InChI is InChI=1S/C11H13ClN.ClHO4/c1-13(2)9-8-11(12)10-6-4-3-5-7-10;2-1(3,4)5/h3-9H,1-2H3;(H,2,3,4,5)/q+1;/p-1. The van der Waals surface area contributed by atoms with Crippen LogP contribution in [0.2, 0.25) is 0 Å². The van der Waals surface area contributed by atoms with Crippen LogP contribution in [-0.4, -0.2) is 24.9 Å². The molecule has 1 rings (SSSR count). The molecule has 5 nitrogen and oxygen atoms in total. The highest BCUT2D eigenvalue weighted by Crippen LogP contribution is 2.16. The lowest BCUT2D eigenvalue weighted by atomic mass is 10.2. The number of rotatable bonds is 2. The average molecular weight is 294 g/mol. The summed E-state index contributed by atoms with van der Waals surface area (Å²) in [5.74, 6) is 0. The summed E-state index contributed by atoms with van der Waals surface area (Å²) in [6.45, 7) is 0. The summed E-state index contributed by atoms with van der Waals surface area (Å²) in [5, 5.41) is 0.759. The van der Waals surface area contributed by atoms with Crippen molar-refractivity contribution < 1.29 is 33.5 Å². The Kier molecular flexibility index (Phi) is 7.77. The van der Waals surface area contributed by atoms with Crippen molar-refractivity contribution >= 4 is 22.8 Å². The molecule has 18 heavy (non-hydrogen) atoms. The predicted octanol–water partition coefficient (Wildman–Crippen LogP) is -2.15. The molecule has 0 saturated carbocycles. The van der Waals surface area contributed by atoms with Gasteiger partial charge < -0.3 is 0 Å². The Labute approximate surface area is 113 Å². The van der Waals surface area contributed by atoms with Crippen molar-refractivity contribution in [3.8, 4) is 0 Å². The number of hydrogen-bond acceptors (Lipinski definition) is 4. The summed E-state index contributed by atoms with van der Waals surface area (Å²) in [7, 11) is -1.02. The summed E-state index contributed by atoms with van der Waals surface area (Å²) in [5.41, 5.74) is 1.04. The SMILES string of the molecule is C[N+](C)=CC=C(Cl)c1ccccc1.[O-][Cl+3]([O-])([O-])[O-]. The first kappa shape index (κ1) is 17.1. The van der Waals surface area contributed by atoms with E-state index in [1.165, 1.54) is 0 Å². The van der Waals surface area contributed by atoms with Crippen molar-refractivity contribution in [3.63, 3.8) is 0 Å². The monoisotopic (exact) mass is 293 g/mol. The Bertz CT molecular complexity index is 403. The molecule has 0 spiro atoms. The van der Waals surface area contributed by atoms with E-state index in [4.69, 9.17) is 30.2 Å². The summed E-state index contributed by atoms with van der Waals surface area (Å²) in [6.07, 6.45) is 3.81. The Morgan fingerprint density at radius 3 is 1.94 bits per heavy atom. The second-order valence-corrected chi connectivity index (χ2v) is 4.53. The van der Waals surface area contributed by atoms with Crippen molar-refractivity contribution in [1.29, 1.82) is 0 Å². The van der Waals surface area contributed by atoms with E-state index in [0.717, 1.165) is 10.6 Å². The fraction of sp³-hybridized carbons (Fsp3) is 0.182. The Morgan fingerprint density at radius 2 is 1.56 bits per heavy atom. The Balaban J connectivity index is 0.000000494. The van der Waals surface area contributed by atoms with Crippen LogP contribution in [0.1, 0.15) is 5.56 Å². The molecule has 0 bridgehead atoms. The third-order valence-corrected chi connectivity index (χ3v) is 1.91. The first-order chi connectivity index (χ1) is 8.20. The van der Waals surface area contributed by atoms with Gasteiger partial charge in [0.2, 0.25) is 0 Å². The molecule has 0 aliphatic heterocycles. The number of allylic oxidation sites excluding steroid dienone is 1. The predicted molar refractivity (Wildman–Crippen MR) is 58.4 cm³/mol. The van der Waals surface area contributed by atoms with Gasteiger partial charge >= 0.3 is 0 Å². The number of hydrogen-bond donors (Lipinski definition) is 0. The molecular formula is C11H13Cl2NO4. The van der Waals surface area contributed by atoms with E-state index in [9.17, 15) is 0 Å². The third kappa shape index (κ3) is 11.5. The summed E-state index contributed by atoms with van der Waals surface area (Å²) in [4.78, 5) is 0. The van der Waals surface area contributed by atoms with Gasteiger partial charge in [-0.05, 0) is 5.56 Å². The molecule has 0 radical (unpaired) electrons. The fourth-order valence-corrected chi connectivity index (χ4v) is 1.09. The van der Waals surface area contributed by atoms with Crippen molar-refractivity contribution in [3.05, 3.63) is 42.0 Å². The molecule has 0 aliphatic rings. The number of halogens is 2. The van der Waals surface area contributed by atoms with Crippen LogP contribution in [-0.2, 0) is 0 Å². The van der Waals surface area contributed by atoms with Crippen LogP contribution >= 0.6 is 11.6 Å². The van der Waals surface area contributed by atoms with E-state index < -0.39 is 10.2 Å². The first-order valence-electron chi connectivity index (χ1n) is 4.74. The van der Waals surface area contributed by atoms with Crippen LogP contribution in [0.15, 0.2) is 36.4 Å². The highest BCUT2D eigenvalue weighted by atomic mass is 35.7. The smallest absolute Gasteiger partial charge is 0.164 e. The van der Waals surface area contributed by atoms with Gasteiger partial charge in [-0.1, -0.05) is 41.9 Å². The van der Waals surface area contributed by atoms with Gasteiger partial charge in [-0.15, -0.1) is 10.2 Å². The Hall–Kier alpha value is -0.950. The lowest BCUT2D eigenvalue weighted by molar-refractivity contribution is -2.00. The maximum atomic E-state index is 8.49. The second kappa shape index (κ2) is 8.20. The zero-order valence-electron chi connectivity index (χ0n) is 9.88. The van der Waals surface area contributed by atoms with E-state index in [0.29, 0.717) is 0 Å². The van der Waals surface area contributed by atoms with Crippen LogP contribution in [0.5, 0.6) is 0 Å². The van der Waals surface area contributed by atoms with Crippen LogP contribution in [0, 0.1) is 10.2 Å². The normalized spacial score (nSPS) is 11.4. The van der Waals surface area contributed by atoms with E-state index in [1.807, 2.05) is 61.3 Å². The van der Waals surface area contributed by atoms with E-state index >= 15 is 0 Å². The van der Waals surface area contributed by atoms with Crippen LogP contribution in [0.25, 0.3) is 5.03 Å². The molecule has 0 N–H and O–H groups in total. The molecule has 0 atom stereocenters. The molecule has 1 aromatic carbocycles. The molecule has 0 aromatic heterocycles. The van der Waals surface area contributed by atoms with Gasteiger partial charge in [0, 0.05) is 6.08 Å². The number of nitrogens with zero attached hydrogens (tertiary/aromatic N) is 1. The topological polar surface area (TPSA) is 95.2 Å². The minimum atomic E-state index is -4.94. The van der Waals surface area contributed by atoms with Crippen molar-refractivity contribution in [2.24, 2.45) is 0 Å². The molecular weight excluding hydrogens is 281 g/mol. The van der Waals surface area contributed by atoms with Gasteiger partial charge in [0.1, 0.15) is 14.1 Å². The molecule has 7 heteroatoms. The minimum Gasteiger partial charge on any atom is -0.241 e.